The lowest BCUT2D eigenvalue weighted by Crippen LogP contribution is -2.29. The Morgan fingerprint density at radius 2 is 1.27 bits per heavy atom. The van der Waals surface area contributed by atoms with Crippen LogP contribution in [0.5, 0.6) is 11.5 Å². The van der Waals surface area contributed by atoms with Crippen LogP contribution in [0.3, 0.4) is 0 Å². The van der Waals surface area contributed by atoms with E-state index in [4.69, 9.17) is 23.7 Å². The monoisotopic (exact) mass is 458 g/mol. The van der Waals surface area contributed by atoms with E-state index in [0.717, 1.165) is 12.1 Å². The van der Waals surface area contributed by atoms with Crippen LogP contribution in [0.2, 0.25) is 51.4 Å². The fraction of sp³-hybridized carbons (Fsp3) is 0.700. The van der Waals surface area contributed by atoms with Crippen LogP contribution in [0.4, 0.5) is 0 Å². The van der Waals surface area contributed by atoms with Crippen molar-refractivity contribution in [2.24, 2.45) is 0 Å². The maximum absolute atomic E-state index is 9.41. The summed E-state index contributed by atoms with van der Waals surface area (Å²) in [5.74, 6) is 0.899. The third-order valence-corrected chi connectivity index (χ3v) is 7.62. The Balaban J connectivity index is 2.41. The lowest BCUT2D eigenvalue weighted by atomic mass is 9.80. The molecular formula is C20H39BO7Si2. The van der Waals surface area contributed by atoms with Crippen molar-refractivity contribution in [3.8, 4) is 11.5 Å². The van der Waals surface area contributed by atoms with Gasteiger partial charge < -0.3 is 33.7 Å². The highest BCUT2D eigenvalue weighted by molar-refractivity contribution is 6.76. The van der Waals surface area contributed by atoms with Gasteiger partial charge in [0.1, 0.15) is 13.4 Å². The van der Waals surface area contributed by atoms with Gasteiger partial charge in [0.2, 0.25) is 0 Å². The van der Waals surface area contributed by atoms with E-state index in [9.17, 15) is 10.0 Å². The molecule has 0 amide bonds. The van der Waals surface area contributed by atoms with Crippen LogP contribution in [0.1, 0.15) is 0 Å². The summed E-state index contributed by atoms with van der Waals surface area (Å²) >= 11 is 0. The molecule has 0 aliphatic heterocycles. The predicted octanol–water partition coefficient (Wildman–Crippen LogP) is 2.77. The van der Waals surface area contributed by atoms with Crippen molar-refractivity contribution in [2.45, 2.75) is 51.4 Å². The summed E-state index contributed by atoms with van der Waals surface area (Å²) in [6, 6.07) is 6.94. The number of hydrogen-bond acceptors (Lipinski definition) is 7. The van der Waals surface area contributed by atoms with Crippen molar-refractivity contribution in [1.82, 2.24) is 0 Å². The molecule has 0 heterocycles. The van der Waals surface area contributed by atoms with Gasteiger partial charge in [0.15, 0.2) is 18.3 Å². The molecule has 0 atom stereocenters. The SMILES string of the molecule is C[Si](C)(C)CCOCOCCOc1cc(B(O)O)ccc1OCOCC[Si](C)(C)C. The van der Waals surface area contributed by atoms with Gasteiger partial charge in [0, 0.05) is 29.4 Å². The molecule has 30 heavy (non-hydrogen) atoms. The van der Waals surface area contributed by atoms with Gasteiger partial charge in [-0.15, -0.1) is 0 Å². The van der Waals surface area contributed by atoms with Crippen molar-refractivity contribution < 1.29 is 33.7 Å². The van der Waals surface area contributed by atoms with Crippen molar-refractivity contribution in [3.05, 3.63) is 18.2 Å². The Bertz CT molecular complexity index is 604. The topological polar surface area (TPSA) is 86.6 Å². The number of rotatable bonds is 16. The molecule has 10 heteroatoms. The first-order chi connectivity index (χ1) is 14.0. The predicted molar refractivity (Wildman–Crippen MR) is 126 cm³/mol. The molecule has 1 aromatic rings. The van der Waals surface area contributed by atoms with Crippen LogP contribution in [0, 0.1) is 0 Å². The molecule has 0 aliphatic rings. The quantitative estimate of drug-likeness (QED) is 0.224. The average Bonchev–Trinajstić information content (AvgIpc) is 2.62. The smallest absolute Gasteiger partial charge is 0.487 e. The molecule has 0 unspecified atom stereocenters. The number of ether oxygens (including phenoxy) is 5. The van der Waals surface area contributed by atoms with E-state index in [1.54, 1.807) is 18.2 Å². The number of hydrogen-bond donors (Lipinski definition) is 2. The van der Waals surface area contributed by atoms with Crippen molar-refractivity contribution in [1.29, 1.82) is 0 Å². The molecule has 0 spiro atoms. The van der Waals surface area contributed by atoms with Gasteiger partial charge in [0.05, 0.1) is 6.61 Å². The zero-order valence-electron chi connectivity index (χ0n) is 19.4. The highest BCUT2D eigenvalue weighted by Crippen LogP contribution is 2.26. The van der Waals surface area contributed by atoms with Gasteiger partial charge in [-0.05, 0) is 29.7 Å². The fourth-order valence-corrected chi connectivity index (χ4v) is 3.74. The lowest BCUT2D eigenvalue weighted by Gasteiger charge is -2.17. The zero-order chi connectivity index (χ0) is 22.6. The number of benzene rings is 1. The standard InChI is InChI=1S/C20H39BO7Si2/c1-29(2,3)13-11-25-16-24-9-10-27-20-15-18(21(22)23)7-8-19(20)28-17-26-12-14-30(4,5)6/h7-8,15,22-23H,9-14,16-17H2,1-6H3. The largest absolute Gasteiger partial charge is 0.488 e. The lowest BCUT2D eigenvalue weighted by molar-refractivity contribution is -0.0565. The first-order valence-corrected chi connectivity index (χ1v) is 17.9. The summed E-state index contributed by atoms with van der Waals surface area (Å²) in [6.45, 7) is 16.2. The van der Waals surface area contributed by atoms with Crippen molar-refractivity contribution >= 4 is 28.7 Å². The summed E-state index contributed by atoms with van der Waals surface area (Å²) < 4.78 is 27.9. The summed E-state index contributed by atoms with van der Waals surface area (Å²) in [5.41, 5.74) is 0.326. The van der Waals surface area contributed by atoms with Gasteiger partial charge in [-0.2, -0.15) is 0 Å². The van der Waals surface area contributed by atoms with Gasteiger partial charge in [-0.25, -0.2) is 0 Å². The third kappa shape index (κ3) is 13.4. The van der Waals surface area contributed by atoms with Crippen LogP contribution in [0.25, 0.3) is 0 Å². The second kappa shape index (κ2) is 13.5. The summed E-state index contributed by atoms with van der Waals surface area (Å²) in [4.78, 5) is 0. The van der Waals surface area contributed by atoms with E-state index < -0.39 is 23.3 Å². The molecule has 0 saturated carbocycles. The third-order valence-electron chi connectivity index (χ3n) is 4.21. The molecule has 0 bridgehead atoms. The first-order valence-electron chi connectivity index (χ1n) is 10.5. The van der Waals surface area contributed by atoms with Crippen LogP contribution < -0.4 is 14.9 Å². The van der Waals surface area contributed by atoms with E-state index in [1.807, 2.05) is 0 Å². The zero-order valence-corrected chi connectivity index (χ0v) is 21.4. The maximum atomic E-state index is 9.41. The fourth-order valence-electron chi connectivity index (χ4n) is 2.23. The molecule has 0 aromatic heterocycles. The van der Waals surface area contributed by atoms with Crippen LogP contribution in [-0.4, -0.2) is 73.3 Å². The van der Waals surface area contributed by atoms with E-state index >= 15 is 0 Å². The van der Waals surface area contributed by atoms with Gasteiger partial charge in [-0.3, -0.25) is 0 Å². The minimum absolute atomic E-state index is 0.114. The minimum Gasteiger partial charge on any atom is -0.487 e. The van der Waals surface area contributed by atoms with Gasteiger partial charge in [-0.1, -0.05) is 45.3 Å². The van der Waals surface area contributed by atoms with E-state index in [0.29, 0.717) is 36.8 Å². The van der Waals surface area contributed by atoms with Crippen molar-refractivity contribution in [2.75, 3.05) is 40.0 Å². The molecule has 172 valence electrons. The molecule has 2 N–H and O–H groups in total. The van der Waals surface area contributed by atoms with E-state index in [-0.39, 0.29) is 20.2 Å². The molecule has 1 aromatic carbocycles. The van der Waals surface area contributed by atoms with Gasteiger partial charge >= 0.3 is 7.12 Å². The summed E-state index contributed by atoms with van der Waals surface area (Å²) in [7, 11) is -3.81. The van der Waals surface area contributed by atoms with Crippen LogP contribution >= 0.6 is 0 Å². The molecular weight excluding hydrogens is 419 g/mol. The van der Waals surface area contributed by atoms with Crippen molar-refractivity contribution in [3.63, 3.8) is 0 Å². The Labute approximate surface area is 183 Å². The second-order valence-electron chi connectivity index (χ2n) is 9.65. The Kier molecular flexibility index (Phi) is 12.2. The Hall–Kier alpha value is -0.881. The molecule has 0 radical (unpaired) electrons. The first kappa shape index (κ1) is 27.2. The highest BCUT2D eigenvalue weighted by atomic mass is 28.3. The Morgan fingerprint density at radius 1 is 0.700 bits per heavy atom. The summed E-state index contributed by atoms with van der Waals surface area (Å²) in [5, 5.41) is 18.8. The summed E-state index contributed by atoms with van der Waals surface area (Å²) in [6.07, 6.45) is 0. The van der Waals surface area contributed by atoms with E-state index in [2.05, 4.69) is 39.3 Å². The van der Waals surface area contributed by atoms with Crippen LogP contribution in [-0.2, 0) is 14.2 Å². The molecule has 1 rings (SSSR count). The maximum Gasteiger partial charge on any atom is 0.488 e. The molecule has 0 aliphatic carbocycles. The molecule has 0 saturated heterocycles. The second-order valence-corrected chi connectivity index (χ2v) is 20.9. The van der Waals surface area contributed by atoms with Gasteiger partial charge in [0.25, 0.3) is 0 Å². The van der Waals surface area contributed by atoms with Crippen LogP contribution in [0.15, 0.2) is 18.2 Å². The normalized spacial score (nSPS) is 12.1. The minimum atomic E-state index is -1.58. The van der Waals surface area contributed by atoms with E-state index in [1.165, 1.54) is 0 Å². The average molecular weight is 459 g/mol. The highest BCUT2D eigenvalue weighted by Gasteiger charge is 2.16. The molecule has 0 fully saturated rings. The Morgan fingerprint density at radius 3 is 1.83 bits per heavy atom. The molecule has 7 nitrogen and oxygen atoms in total.